The maximum atomic E-state index is 5.60. The summed E-state index contributed by atoms with van der Waals surface area (Å²) in [4.78, 5) is 0. The van der Waals surface area contributed by atoms with E-state index in [2.05, 4.69) is 55.0 Å². The van der Waals surface area contributed by atoms with E-state index in [0.717, 1.165) is 35.5 Å². The van der Waals surface area contributed by atoms with E-state index in [-0.39, 0.29) is 5.41 Å². The first-order valence-corrected chi connectivity index (χ1v) is 8.24. The van der Waals surface area contributed by atoms with Gasteiger partial charge >= 0.3 is 0 Å². The number of benzene rings is 1. The molecule has 0 aromatic heterocycles. The van der Waals surface area contributed by atoms with Gasteiger partial charge in [0.15, 0.2) is 0 Å². The number of ether oxygens (including phenoxy) is 2. The predicted octanol–water partition coefficient (Wildman–Crippen LogP) is 4.38. The maximum absolute atomic E-state index is 5.60. The third kappa shape index (κ3) is 4.89. The van der Waals surface area contributed by atoms with Crippen molar-refractivity contribution in [1.29, 1.82) is 0 Å². The average molecular weight is 358 g/mol. The van der Waals surface area contributed by atoms with Gasteiger partial charge in [0.05, 0.1) is 14.2 Å². The summed E-state index contributed by atoms with van der Waals surface area (Å²) in [5.41, 5.74) is 1.23. The largest absolute Gasteiger partial charge is 0.495 e. The SMILES string of the molecule is COc1ccc(C(C)(C)CCNCC(C)C)c(OC)c1Br. The highest BCUT2D eigenvalue weighted by atomic mass is 79.9. The molecule has 0 aliphatic carbocycles. The number of rotatable bonds is 8. The second-order valence-electron chi connectivity index (χ2n) is 6.39. The second-order valence-corrected chi connectivity index (χ2v) is 7.19. The van der Waals surface area contributed by atoms with Gasteiger partial charge in [-0.25, -0.2) is 0 Å². The first kappa shape index (κ1) is 18.3. The molecule has 0 aliphatic heterocycles. The van der Waals surface area contributed by atoms with Gasteiger partial charge in [-0.05, 0) is 52.8 Å². The molecule has 1 aromatic carbocycles. The molecule has 0 spiro atoms. The zero-order chi connectivity index (χ0) is 16.0. The number of methoxy groups -OCH3 is 2. The highest BCUT2D eigenvalue weighted by Crippen LogP contribution is 2.43. The topological polar surface area (TPSA) is 30.5 Å². The van der Waals surface area contributed by atoms with Crippen molar-refractivity contribution in [3.05, 3.63) is 22.2 Å². The van der Waals surface area contributed by atoms with Crippen molar-refractivity contribution in [3.63, 3.8) is 0 Å². The molecule has 120 valence electrons. The van der Waals surface area contributed by atoms with Gasteiger partial charge < -0.3 is 14.8 Å². The molecule has 0 radical (unpaired) electrons. The van der Waals surface area contributed by atoms with Crippen molar-refractivity contribution >= 4 is 15.9 Å². The second kappa shape index (κ2) is 8.04. The molecule has 0 aliphatic rings. The van der Waals surface area contributed by atoms with Gasteiger partial charge in [0.25, 0.3) is 0 Å². The smallest absolute Gasteiger partial charge is 0.140 e. The van der Waals surface area contributed by atoms with Crippen LogP contribution in [0.4, 0.5) is 0 Å². The maximum Gasteiger partial charge on any atom is 0.140 e. The summed E-state index contributed by atoms with van der Waals surface area (Å²) in [5, 5.41) is 3.51. The molecule has 0 saturated heterocycles. The van der Waals surface area contributed by atoms with Crippen LogP contribution in [0.3, 0.4) is 0 Å². The molecule has 3 nitrogen and oxygen atoms in total. The van der Waals surface area contributed by atoms with Gasteiger partial charge in [-0.3, -0.25) is 0 Å². The first-order chi connectivity index (χ1) is 9.83. The third-order valence-electron chi connectivity index (χ3n) is 3.69. The lowest BCUT2D eigenvalue weighted by atomic mass is 9.81. The summed E-state index contributed by atoms with van der Waals surface area (Å²) in [7, 11) is 3.37. The Balaban J connectivity index is 2.89. The van der Waals surface area contributed by atoms with E-state index < -0.39 is 0 Å². The molecule has 0 atom stereocenters. The van der Waals surface area contributed by atoms with E-state index in [4.69, 9.17) is 9.47 Å². The van der Waals surface area contributed by atoms with E-state index in [1.807, 2.05) is 6.07 Å². The molecular weight excluding hydrogens is 330 g/mol. The molecular formula is C17H28BrNO2. The average Bonchev–Trinajstić information content (AvgIpc) is 2.43. The fraction of sp³-hybridized carbons (Fsp3) is 0.647. The molecule has 21 heavy (non-hydrogen) atoms. The van der Waals surface area contributed by atoms with E-state index in [9.17, 15) is 0 Å². The summed E-state index contributed by atoms with van der Waals surface area (Å²) in [6.45, 7) is 11.0. The third-order valence-corrected chi connectivity index (χ3v) is 4.45. The minimum Gasteiger partial charge on any atom is -0.495 e. The molecule has 4 heteroatoms. The molecule has 1 rings (SSSR count). The summed E-state index contributed by atoms with van der Waals surface area (Å²) >= 11 is 3.58. The normalized spacial score (nSPS) is 11.8. The molecule has 0 unspecified atom stereocenters. The van der Waals surface area contributed by atoms with Gasteiger partial charge in [0, 0.05) is 5.56 Å². The minimum absolute atomic E-state index is 0.0319. The molecule has 0 heterocycles. The van der Waals surface area contributed by atoms with Crippen molar-refractivity contribution in [2.24, 2.45) is 5.92 Å². The Kier molecular flexibility index (Phi) is 7.01. The van der Waals surface area contributed by atoms with Gasteiger partial charge in [-0.1, -0.05) is 33.8 Å². The molecule has 0 saturated carbocycles. The minimum atomic E-state index is 0.0319. The van der Waals surface area contributed by atoms with Crippen LogP contribution in [0.2, 0.25) is 0 Å². The highest BCUT2D eigenvalue weighted by Gasteiger charge is 2.26. The molecule has 0 fully saturated rings. The fourth-order valence-corrected chi connectivity index (χ4v) is 3.02. The molecule has 0 amide bonds. The Hall–Kier alpha value is -0.740. The Labute approximate surface area is 137 Å². The lowest BCUT2D eigenvalue weighted by Gasteiger charge is -2.28. The van der Waals surface area contributed by atoms with Crippen molar-refractivity contribution in [2.75, 3.05) is 27.3 Å². The van der Waals surface area contributed by atoms with Crippen LogP contribution in [-0.4, -0.2) is 27.3 Å². The van der Waals surface area contributed by atoms with E-state index in [1.54, 1.807) is 14.2 Å². The summed E-state index contributed by atoms with van der Waals surface area (Å²) in [6, 6.07) is 4.09. The summed E-state index contributed by atoms with van der Waals surface area (Å²) in [6.07, 6.45) is 1.05. The van der Waals surface area contributed by atoms with Crippen LogP contribution in [0.15, 0.2) is 16.6 Å². The summed E-state index contributed by atoms with van der Waals surface area (Å²) in [5.74, 6) is 2.34. The Morgan fingerprint density at radius 2 is 1.86 bits per heavy atom. The Morgan fingerprint density at radius 1 is 1.19 bits per heavy atom. The van der Waals surface area contributed by atoms with Crippen molar-refractivity contribution in [1.82, 2.24) is 5.32 Å². The zero-order valence-electron chi connectivity index (χ0n) is 14.0. The van der Waals surface area contributed by atoms with Gasteiger partial charge in [0.1, 0.15) is 16.0 Å². The Bertz CT molecular complexity index is 458. The molecule has 0 bridgehead atoms. The van der Waals surface area contributed by atoms with Crippen LogP contribution in [-0.2, 0) is 5.41 Å². The quantitative estimate of drug-likeness (QED) is 0.700. The molecule has 1 N–H and O–H groups in total. The van der Waals surface area contributed by atoms with E-state index in [0.29, 0.717) is 5.92 Å². The van der Waals surface area contributed by atoms with Crippen LogP contribution in [0, 0.1) is 5.92 Å². The van der Waals surface area contributed by atoms with Crippen LogP contribution >= 0.6 is 15.9 Å². The summed E-state index contributed by atoms with van der Waals surface area (Å²) < 4.78 is 11.8. The monoisotopic (exact) mass is 357 g/mol. The van der Waals surface area contributed by atoms with Crippen LogP contribution in [0.1, 0.15) is 39.7 Å². The van der Waals surface area contributed by atoms with Gasteiger partial charge in [-0.15, -0.1) is 0 Å². The van der Waals surface area contributed by atoms with Crippen molar-refractivity contribution in [3.8, 4) is 11.5 Å². The van der Waals surface area contributed by atoms with Crippen LogP contribution in [0.25, 0.3) is 0 Å². The lowest BCUT2D eigenvalue weighted by Crippen LogP contribution is -2.28. The molecule has 1 aromatic rings. The van der Waals surface area contributed by atoms with Crippen molar-refractivity contribution in [2.45, 2.75) is 39.5 Å². The fourth-order valence-electron chi connectivity index (χ4n) is 2.35. The number of nitrogens with one attached hydrogen (secondary N) is 1. The van der Waals surface area contributed by atoms with Crippen LogP contribution in [0.5, 0.6) is 11.5 Å². The van der Waals surface area contributed by atoms with E-state index >= 15 is 0 Å². The van der Waals surface area contributed by atoms with Gasteiger partial charge in [-0.2, -0.15) is 0 Å². The zero-order valence-corrected chi connectivity index (χ0v) is 15.6. The predicted molar refractivity (Wildman–Crippen MR) is 92.6 cm³/mol. The van der Waals surface area contributed by atoms with Gasteiger partial charge in [0.2, 0.25) is 0 Å². The highest BCUT2D eigenvalue weighted by molar-refractivity contribution is 9.10. The standard InChI is InChI=1S/C17H28BrNO2/c1-12(2)11-19-10-9-17(3,4)13-7-8-14(20-5)15(18)16(13)21-6/h7-8,12,19H,9-11H2,1-6H3. The first-order valence-electron chi connectivity index (χ1n) is 7.45. The number of halogens is 1. The number of hydrogen-bond donors (Lipinski definition) is 1. The Morgan fingerprint density at radius 3 is 2.38 bits per heavy atom. The van der Waals surface area contributed by atoms with Crippen LogP contribution < -0.4 is 14.8 Å². The van der Waals surface area contributed by atoms with E-state index in [1.165, 1.54) is 5.56 Å². The van der Waals surface area contributed by atoms with Crippen molar-refractivity contribution < 1.29 is 9.47 Å². The number of hydrogen-bond acceptors (Lipinski definition) is 3. The lowest BCUT2D eigenvalue weighted by molar-refractivity contribution is 0.367.